The van der Waals surface area contributed by atoms with Crippen molar-refractivity contribution < 1.29 is 14.3 Å². The lowest BCUT2D eigenvalue weighted by Gasteiger charge is -2.19. The van der Waals surface area contributed by atoms with Gasteiger partial charge in [-0.15, -0.1) is 0 Å². The first-order chi connectivity index (χ1) is 14.2. The second kappa shape index (κ2) is 10.3. The number of para-hydroxylation sites is 1. The molecule has 0 radical (unpaired) electrons. The summed E-state index contributed by atoms with van der Waals surface area (Å²) in [5, 5.41) is 2.98. The van der Waals surface area contributed by atoms with Crippen molar-refractivity contribution in [3.05, 3.63) is 90.0 Å². The number of hydrogen-bond acceptors (Lipinski definition) is 4. The molecular formula is C24H26N2O3. The zero-order chi connectivity index (χ0) is 20.5. The van der Waals surface area contributed by atoms with Crippen molar-refractivity contribution >= 4 is 11.6 Å². The van der Waals surface area contributed by atoms with E-state index in [9.17, 15) is 4.79 Å². The van der Waals surface area contributed by atoms with Gasteiger partial charge in [0.25, 0.3) is 0 Å². The largest absolute Gasteiger partial charge is 0.457 e. The minimum atomic E-state index is -0.0377. The lowest BCUT2D eigenvalue weighted by Crippen LogP contribution is -2.35. The molecule has 0 unspecified atom stereocenters. The Bertz CT molecular complexity index is 911. The molecule has 0 bridgehead atoms. The molecule has 1 amide bonds. The molecule has 0 aliphatic rings. The van der Waals surface area contributed by atoms with Crippen LogP contribution >= 0.6 is 0 Å². The summed E-state index contributed by atoms with van der Waals surface area (Å²) < 4.78 is 11.0. The van der Waals surface area contributed by atoms with Crippen molar-refractivity contribution in [2.45, 2.75) is 13.2 Å². The highest BCUT2D eigenvalue weighted by Gasteiger charge is 2.09. The lowest BCUT2D eigenvalue weighted by atomic mass is 10.1. The van der Waals surface area contributed by atoms with Crippen molar-refractivity contribution in [1.29, 1.82) is 0 Å². The molecule has 0 aliphatic heterocycles. The zero-order valence-corrected chi connectivity index (χ0v) is 16.8. The van der Waals surface area contributed by atoms with E-state index in [1.807, 2.05) is 90.8 Å². The number of methoxy groups -OCH3 is 1. The quantitative estimate of drug-likeness (QED) is 0.589. The number of anilines is 1. The summed E-state index contributed by atoms with van der Waals surface area (Å²) in [5.74, 6) is 1.51. The van der Waals surface area contributed by atoms with Gasteiger partial charge >= 0.3 is 0 Å². The molecule has 0 saturated carbocycles. The first kappa shape index (κ1) is 20.4. The van der Waals surface area contributed by atoms with Gasteiger partial charge in [-0.3, -0.25) is 4.79 Å². The summed E-state index contributed by atoms with van der Waals surface area (Å²) >= 11 is 0. The first-order valence-corrected chi connectivity index (χ1v) is 9.52. The van der Waals surface area contributed by atoms with Gasteiger partial charge < -0.3 is 19.7 Å². The van der Waals surface area contributed by atoms with Crippen LogP contribution in [0, 0.1) is 0 Å². The lowest BCUT2D eigenvalue weighted by molar-refractivity contribution is -0.119. The molecule has 5 heteroatoms. The van der Waals surface area contributed by atoms with Crippen LogP contribution in [0.2, 0.25) is 0 Å². The van der Waals surface area contributed by atoms with E-state index >= 15 is 0 Å². The Balaban J connectivity index is 1.52. The van der Waals surface area contributed by atoms with Crippen LogP contribution in [0.3, 0.4) is 0 Å². The molecule has 3 rings (SSSR count). The van der Waals surface area contributed by atoms with E-state index in [0.717, 1.165) is 28.3 Å². The predicted molar refractivity (Wildman–Crippen MR) is 115 cm³/mol. The van der Waals surface area contributed by atoms with Crippen molar-refractivity contribution in [2.24, 2.45) is 0 Å². The molecule has 0 atom stereocenters. The Morgan fingerprint density at radius 1 is 0.862 bits per heavy atom. The second-order valence-corrected chi connectivity index (χ2v) is 6.74. The number of rotatable bonds is 9. The number of amides is 1. The van der Waals surface area contributed by atoms with Crippen LogP contribution < -0.4 is 15.0 Å². The van der Waals surface area contributed by atoms with E-state index in [1.54, 1.807) is 7.11 Å². The van der Waals surface area contributed by atoms with Gasteiger partial charge in [0, 0.05) is 26.4 Å². The van der Waals surface area contributed by atoms with Crippen molar-refractivity contribution in [2.75, 3.05) is 25.6 Å². The number of hydrogen-bond donors (Lipinski definition) is 1. The normalized spacial score (nSPS) is 10.4. The molecule has 3 aromatic rings. The molecule has 150 valence electrons. The van der Waals surface area contributed by atoms with Gasteiger partial charge in [-0.2, -0.15) is 0 Å². The fourth-order valence-corrected chi connectivity index (χ4v) is 2.98. The first-order valence-electron chi connectivity index (χ1n) is 9.52. The third kappa shape index (κ3) is 6.09. The second-order valence-electron chi connectivity index (χ2n) is 6.74. The molecule has 0 aliphatic carbocycles. The van der Waals surface area contributed by atoms with Crippen LogP contribution in [0.1, 0.15) is 11.1 Å². The van der Waals surface area contributed by atoms with E-state index in [-0.39, 0.29) is 12.5 Å². The highest BCUT2D eigenvalue weighted by molar-refractivity contribution is 5.81. The molecule has 29 heavy (non-hydrogen) atoms. The molecule has 0 heterocycles. The van der Waals surface area contributed by atoms with E-state index in [0.29, 0.717) is 13.2 Å². The topological polar surface area (TPSA) is 50.8 Å². The highest BCUT2D eigenvalue weighted by Crippen LogP contribution is 2.23. The fourth-order valence-electron chi connectivity index (χ4n) is 2.98. The van der Waals surface area contributed by atoms with Gasteiger partial charge in [0.2, 0.25) is 5.91 Å². The number of nitrogens with zero attached hydrogens (tertiary/aromatic N) is 1. The minimum Gasteiger partial charge on any atom is -0.457 e. The SMILES string of the molecule is COCc1ccccc1CNC(=O)CN(C)c1ccc(Oc2ccccc2)cc1. The number of carbonyl (C=O) groups is 1. The zero-order valence-electron chi connectivity index (χ0n) is 16.8. The number of likely N-dealkylation sites (N-methyl/N-ethyl adjacent to an activating group) is 1. The fraction of sp³-hybridized carbons (Fsp3) is 0.208. The van der Waals surface area contributed by atoms with Crippen LogP contribution in [-0.4, -0.2) is 26.6 Å². The van der Waals surface area contributed by atoms with Gasteiger partial charge in [0.05, 0.1) is 13.2 Å². The van der Waals surface area contributed by atoms with Crippen LogP contribution in [0.5, 0.6) is 11.5 Å². The van der Waals surface area contributed by atoms with Crippen molar-refractivity contribution in [1.82, 2.24) is 5.32 Å². The van der Waals surface area contributed by atoms with E-state index in [4.69, 9.17) is 9.47 Å². The van der Waals surface area contributed by atoms with Crippen LogP contribution in [0.25, 0.3) is 0 Å². The van der Waals surface area contributed by atoms with Gasteiger partial charge in [-0.05, 0) is 47.5 Å². The average molecular weight is 390 g/mol. The molecule has 1 N–H and O–H groups in total. The van der Waals surface area contributed by atoms with Crippen molar-refractivity contribution in [3.63, 3.8) is 0 Å². The summed E-state index contributed by atoms with van der Waals surface area (Å²) in [6.45, 7) is 1.28. The van der Waals surface area contributed by atoms with Gasteiger partial charge in [0.1, 0.15) is 11.5 Å². The van der Waals surface area contributed by atoms with E-state index in [2.05, 4.69) is 5.32 Å². The molecule has 5 nitrogen and oxygen atoms in total. The van der Waals surface area contributed by atoms with Gasteiger partial charge in [0.15, 0.2) is 0 Å². The van der Waals surface area contributed by atoms with Crippen molar-refractivity contribution in [3.8, 4) is 11.5 Å². The van der Waals surface area contributed by atoms with Crippen LogP contribution in [0.4, 0.5) is 5.69 Å². The highest BCUT2D eigenvalue weighted by atomic mass is 16.5. The monoisotopic (exact) mass is 390 g/mol. The Morgan fingerprint density at radius 2 is 1.48 bits per heavy atom. The third-order valence-corrected chi connectivity index (χ3v) is 4.53. The molecular weight excluding hydrogens is 364 g/mol. The van der Waals surface area contributed by atoms with Crippen LogP contribution in [-0.2, 0) is 22.7 Å². The molecule has 0 spiro atoms. The Hall–Kier alpha value is -3.31. The summed E-state index contributed by atoms with van der Waals surface area (Å²) in [4.78, 5) is 14.3. The molecule has 3 aromatic carbocycles. The maximum Gasteiger partial charge on any atom is 0.239 e. The standard InChI is InChI=1S/C24H26N2O3/c1-26(17-24(27)25-16-19-8-6-7-9-20(19)18-28-2)21-12-14-23(15-13-21)29-22-10-4-3-5-11-22/h3-15H,16-18H2,1-2H3,(H,25,27). The Labute approximate surface area is 171 Å². The predicted octanol–water partition coefficient (Wildman–Crippen LogP) is 4.38. The van der Waals surface area contributed by atoms with Gasteiger partial charge in [-0.25, -0.2) is 0 Å². The summed E-state index contributed by atoms with van der Waals surface area (Å²) in [7, 11) is 3.56. The number of carbonyl (C=O) groups excluding carboxylic acids is 1. The maximum atomic E-state index is 12.4. The Kier molecular flexibility index (Phi) is 7.25. The van der Waals surface area contributed by atoms with Gasteiger partial charge in [-0.1, -0.05) is 42.5 Å². The summed E-state index contributed by atoms with van der Waals surface area (Å²) in [5.41, 5.74) is 3.09. The Morgan fingerprint density at radius 3 is 2.17 bits per heavy atom. The number of benzene rings is 3. The minimum absolute atomic E-state index is 0.0377. The number of nitrogens with one attached hydrogen (secondary N) is 1. The summed E-state index contributed by atoms with van der Waals surface area (Å²) in [6.07, 6.45) is 0. The average Bonchev–Trinajstić information content (AvgIpc) is 2.74. The smallest absolute Gasteiger partial charge is 0.239 e. The maximum absolute atomic E-state index is 12.4. The van der Waals surface area contributed by atoms with E-state index < -0.39 is 0 Å². The third-order valence-electron chi connectivity index (χ3n) is 4.53. The molecule has 0 saturated heterocycles. The van der Waals surface area contributed by atoms with E-state index in [1.165, 1.54) is 0 Å². The number of ether oxygens (including phenoxy) is 2. The molecule has 0 aromatic heterocycles. The summed E-state index contributed by atoms with van der Waals surface area (Å²) in [6, 6.07) is 25.3. The molecule has 0 fully saturated rings. The van der Waals surface area contributed by atoms with Crippen LogP contribution in [0.15, 0.2) is 78.9 Å².